The van der Waals surface area contributed by atoms with Crippen LogP contribution in [0.15, 0.2) is 24.7 Å². The molecule has 1 N–H and O–H groups in total. The van der Waals surface area contributed by atoms with Crippen LogP contribution in [0.1, 0.15) is 26.5 Å². The maximum atomic E-state index is 13.2. The molecule has 0 saturated carbocycles. The summed E-state index contributed by atoms with van der Waals surface area (Å²) >= 11 is 0. The van der Waals surface area contributed by atoms with Crippen LogP contribution in [-0.4, -0.2) is 26.6 Å². The number of nitrogens with one attached hydrogen (secondary N) is 1. The van der Waals surface area contributed by atoms with Gasteiger partial charge in [0.1, 0.15) is 11.4 Å². The summed E-state index contributed by atoms with van der Waals surface area (Å²) < 4.78 is 18.3. The quantitative estimate of drug-likeness (QED) is 0.920. The minimum atomic E-state index is -0.591. The normalized spacial score (nSPS) is 11.1. The number of hydrogen-bond acceptors (Lipinski definition) is 5. The van der Waals surface area contributed by atoms with Crippen molar-refractivity contribution in [1.29, 1.82) is 0 Å². The van der Waals surface area contributed by atoms with Crippen LogP contribution in [0.4, 0.5) is 14.9 Å². The Morgan fingerprint density at radius 3 is 2.59 bits per heavy atom. The van der Waals surface area contributed by atoms with E-state index >= 15 is 0 Å². The number of amides is 1. The molecule has 0 saturated heterocycles. The highest BCUT2D eigenvalue weighted by Crippen LogP contribution is 2.19. The molecule has 0 fully saturated rings. The number of anilines is 1. The molecule has 7 heteroatoms. The summed E-state index contributed by atoms with van der Waals surface area (Å²) in [5, 5.41) is 2.58. The van der Waals surface area contributed by atoms with E-state index in [9.17, 15) is 9.18 Å². The summed E-state index contributed by atoms with van der Waals surface area (Å²) in [4.78, 5) is 23.8. The van der Waals surface area contributed by atoms with Gasteiger partial charge in [-0.05, 0) is 33.8 Å². The number of rotatable bonds is 2. The molecule has 0 aliphatic heterocycles. The van der Waals surface area contributed by atoms with Crippen LogP contribution < -0.4 is 5.32 Å². The predicted octanol–water partition coefficient (Wildman–Crippen LogP) is 3.33. The van der Waals surface area contributed by atoms with Gasteiger partial charge in [-0.15, -0.1) is 0 Å². The third-order valence-electron chi connectivity index (χ3n) is 2.58. The molecule has 116 valence electrons. The van der Waals surface area contributed by atoms with Gasteiger partial charge in [0.25, 0.3) is 0 Å². The number of nitrogens with zero attached hydrogens (tertiary/aromatic N) is 3. The fraction of sp³-hybridized carbons (Fsp3) is 0.333. The predicted molar refractivity (Wildman–Crippen MR) is 79.8 cm³/mol. The van der Waals surface area contributed by atoms with Gasteiger partial charge in [-0.1, -0.05) is 0 Å². The fourth-order valence-corrected chi connectivity index (χ4v) is 1.68. The van der Waals surface area contributed by atoms with Gasteiger partial charge in [-0.2, -0.15) is 0 Å². The number of carbonyl (C=O) groups is 1. The first-order chi connectivity index (χ1) is 10.2. The maximum absolute atomic E-state index is 13.2. The number of hydrogen-bond donors (Lipinski definition) is 1. The van der Waals surface area contributed by atoms with Crippen LogP contribution in [0.2, 0.25) is 0 Å². The number of halogens is 1. The standard InChI is InChI=1S/C15H17FN4O2/c1-9-12(20-14(21)22-15(2,3)4)8-18-13(19-9)10-5-11(16)7-17-6-10/h5-8H,1-4H3,(H,20,21). The Morgan fingerprint density at radius 2 is 2.00 bits per heavy atom. The minimum absolute atomic E-state index is 0.333. The van der Waals surface area contributed by atoms with Crippen molar-refractivity contribution in [2.24, 2.45) is 0 Å². The molecule has 0 radical (unpaired) electrons. The van der Waals surface area contributed by atoms with Crippen molar-refractivity contribution in [3.8, 4) is 11.4 Å². The molecule has 0 spiro atoms. The number of aromatic nitrogens is 3. The van der Waals surface area contributed by atoms with Crippen molar-refractivity contribution in [3.63, 3.8) is 0 Å². The lowest BCUT2D eigenvalue weighted by Crippen LogP contribution is -2.27. The van der Waals surface area contributed by atoms with Crippen molar-refractivity contribution in [3.05, 3.63) is 36.2 Å². The van der Waals surface area contributed by atoms with Gasteiger partial charge in [-0.25, -0.2) is 19.2 Å². The van der Waals surface area contributed by atoms with Gasteiger partial charge >= 0.3 is 6.09 Å². The van der Waals surface area contributed by atoms with Crippen LogP contribution >= 0.6 is 0 Å². The van der Waals surface area contributed by atoms with Gasteiger partial charge < -0.3 is 4.74 Å². The van der Waals surface area contributed by atoms with Crippen molar-refractivity contribution in [2.45, 2.75) is 33.3 Å². The van der Waals surface area contributed by atoms with Gasteiger partial charge in [-0.3, -0.25) is 10.3 Å². The summed E-state index contributed by atoms with van der Waals surface area (Å²) in [7, 11) is 0. The highest BCUT2D eigenvalue weighted by molar-refractivity contribution is 5.85. The second kappa shape index (κ2) is 6.05. The average Bonchev–Trinajstić information content (AvgIpc) is 2.39. The van der Waals surface area contributed by atoms with E-state index in [4.69, 9.17) is 4.74 Å². The molecule has 0 bridgehead atoms. The van der Waals surface area contributed by atoms with Gasteiger partial charge in [0.2, 0.25) is 0 Å². The van der Waals surface area contributed by atoms with E-state index in [1.165, 1.54) is 18.5 Å². The van der Waals surface area contributed by atoms with Crippen LogP contribution in [-0.2, 0) is 4.74 Å². The molecular weight excluding hydrogens is 287 g/mol. The lowest BCUT2D eigenvalue weighted by molar-refractivity contribution is 0.0635. The Hall–Kier alpha value is -2.57. The first kappa shape index (κ1) is 15.8. The Balaban J connectivity index is 2.18. The van der Waals surface area contributed by atoms with Gasteiger partial charge in [0.15, 0.2) is 5.82 Å². The molecule has 0 aliphatic carbocycles. The molecule has 6 nitrogen and oxygen atoms in total. The van der Waals surface area contributed by atoms with Crippen LogP contribution in [0, 0.1) is 12.7 Å². The topological polar surface area (TPSA) is 77.0 Å². The third-order valence-corrected chi connectivity index (χ3v) is 2.58. The molecule has 2 rings (SSSR count). The molecule has 2 aromatic heterocycles. The van der Waals surface area contributed by atoms with Crippen molar-refractivity contribution in [2.75, 3.05) is 5.32 Å². The molecule has 0 aliphatic rings. The van der Waals surface area contributed by atoms with E-state index in [1.54, 1.807) is 27.7 Å². The molecule has 0 unspecified atom stereocenters. The second-order valence-corrected chi connectivity index (χ2v) is 5.71. The maximum Gasteiger partial charge on any atom is 0.412 e. The van der Waals surface area contributed by atoms with Crippen LogP contribution in [0.3, 0.4) is 0 Å². The van der Waals surface area contributed by atoms with E-state index in [2.05, 4.69) is 20.3 Å². The Morgan fingerprint density at radius 1 is 1.27 bits per heavy atom. The Bertz CT molecular complexity index is 698. The van der Waals surface area contributed by atoms with Crippen molar-refractivity contribution < 1.29 is 13.9 Å². The zero-order chi connectivity index (χ0) is 16.3. The summed E-state index contributed by atoms with van der Waals surface area (Å²) in [5.41, 5.74) is 0.848. The van der Waals surface area contributed by atoms with E-state index < -0.39 is 17.5 Å². The highest BCUT2D eigenvalue weighted by atomic mass is 19.1. The number of carbonyl (C=O) groups excluding carboxylic acids is 1. The zero-order valence-electron chi connectivity index (χ0n) is 12.8. The van der Waals surface area contributed by atoms with Crippen LogP contribution in [0.5, 0.6) is 0 Å². The number of aryl methyl sites for hydroxylation is 1. The largest absolute Gasteiger partial charge is 0.444 e. The lowest BCUT2D eigenvalue weighted by atomic mass is 10.2. The van der Waals surface area contributed by atoms with Crippen LogP contribution in [0.25, 0.3) is 11.4 Å². The van der Waals surface area contributed by atoms with E-state index in [0.717, 1.165) is 6.20 Å². The first-order valence-corrected chi connectivity index (χ1v) is 6.69. The fourth-order valence-electron chi connectivity index (χ4n) is 1.68. The van der Waals surface area contributed by atoms with Crippen molar-refractivity contribution in [1.82, 2.24) is 15.0 Å². The summed E-state index contributed by atoms with van der Waals surface area (Å²) in [6.07, 6.45) is 3.44. The number of ether oxygens (including phenoxy) is 1. The lowest BCUT2D eigenvalue weighted by Gasteiger charge is -2.20. The molecule has 2 heterocycles. The van der Waals surface area contributed by atoms with E-state index in [1.807, 2.05) is 0 Å². The van der Waals surface area contributed by atoms with E-state index in [0.29, 0.717) is 22.8 Å². The molecule has 0 aromatic carbocycles. The zero-order valence-corrected chi connectivity index (χ0v) is 12.8. The van der Waals surface area contributed by atoms with E-state index in [-0.39, 0.29) is 0 Å². The molecular formula is C15H17FN4O2. The molecule has 0 atom stereocenters. The third kappa shape index (κ3) is 4.21. The summed E-state index contributed by atoms with van der Waals surface area (Å²) in [5.74, 6) is -0.131. The monoisotopic (exact) mass is 304 g/mol. The minimum Gasteiger partial charge on any atom is -0.444 e. The smallest absolute Gasteiger partial charge is 0.412 e. The average molecular weight is 304 g/mol. The molecule has 22 heavy (non-hydrogen) atoms. The molecule has 2 aromatic rings. The van der Waals surface area contributed by atoms with Gasteiger partial charge in [0, 0.05) is 11.8 Å². The SMILES string of the molecule is Cc1nc(-c2cncc(F)c2)ncc1NC(=O)OC(C)(C)C. The summed E-state index contributed by atoms with van der Waals surface area (Å²) in [6.45, 7) is 7.03. The van der Waals surface area contributed by atoms with Gasteiger partial charge in [0.05, 0.1) is 23.8 Å². The number of pyridine rings is 1. The summed E-state index contributed by atoms with van der Waals surface area (Å²) in [6, 6.07) is 1.29. The van der Waals surface area contributed by atoms with Crippen molar-refractivity contribution >= 4 is 11.8 Å². The second-order valence-electron chi connectivity index (χ2n) is 5.71. The highest BCUT2D eigenvalue weighted by Gasteiger charge is 2.17. The Kier molecular flexibility index (Phi) is 4.35. The Labute approximate surface area is 127 Å². The first-order valence-electron chi connectivity index (χ1n) is 6.69. The molecule has 1 amide bonds.